The van der Waals surface area contributed by atoms with E-state index >= 15 is 0 Å². The smallest absolute Gasteiger partial charge is 0.251 e. The zero-order chi connectivity index (χ0) is 59.2. The van der Waals surface area contributed by atoms with Gasteiger partial charge in [0.2, 0.25) is 11.5 Å². The predicted molar refractivity (Wildman–Crippen MR) is 327 cm³/mol. The predicted octanol–water partition coefficient (Wildman–Crippen LogP) is 13.4. The fourth-order valence-corrected chi connectivity index (χ4v) is 9.39. The van der Waals surface area contributed by atoms with Gasteiger partial charge in [0.15, 0.2) is 35.1 Å². The van der Waals surface area contributed by atoms with Gasteiger partial charge in [-0.05, 0) is 77.1 Å². The first kappa shape index (κ1) is 59.7. The molecule has 0 aliphatic carbocycles. The molecule has 0 unspecified atom stereocenters. The largest absolute Gasteiger partial charge is 0.485 e. The molecule has 0 saturated carbocycles. The quantitative estimate of drug-likeness (QED) is 0.0504. The van der Waals surface area contributed by atoms with Crippen LogP contribution in [0, 0.1) is 0 Å². The highest BCUT2D eigenvalue weighted by Crippen LogP contribution is 2.42. The molecule has 14 heteroatoms. The van der Waals surface area contributed by atoms with Crippen molar-refractivity contribution in [1.29, 1.82) is 0 Å². The minimum Gasteiger partial charge on any atom is -0.485 e. The second-order valence-electron chi connectivity index (χ2n) is 20.9. The van der Waals surface area contributed by atoms with Crippen molar-refractivity contribution in [2.75, 3.05) is 19.7 Å². The number of nitrogens with one attached hydrogen (secondary N) is 2. The normalized spacial score (nSPS) is 15.4. The summed E-state index contributed by atoms with van der Waals surface area (Å²) in [6.45, 7) is 4.73. The lowest BCUT2D eigenvalue weighted by molar-refractivity contribution is -0.325. The van der Waals surface area contributed by atoms with Crippen LogP contribution in [0.5, 0.6) is 34.5 Å². The summed E-state index contributed by atoms with van der Waals surface area (Å²) < 4.78 is 65.3. The average molecular weight is 1160 g/mol. The number of hydrogen-bond acceptors (Lipinski definition) is 12. The molecule has 2 N–H and O–H groups in total. The van der Waals surface area contributed by atoms with Crippen molar-refractivity contribution in [2.24, 2.45) is 0 Å². The molecule has 3 atom stereocenters. The third-order valence-electron chi connectivity index (χ3n) is 13.9. The summed E-state index contributed by atoms with van der Waals surface area (Å²) in [5, 5.41) is 6.22. The van der Waals surface area contributed by atoms with Gasteiger partial charge >= 0.3 is 0 Å². The first-order valence-corrected chi connectivity index (χ1v) is 28.7. The molecular formula is C72H70N2O12. The highest BCUT2D eigenvalue weighted by Gasteiger charge is 2.37. The molecule has 1 heterocycles. The van der Waals surface area contributed by atoms with Crippen LogP contribution in [-0.2, 0) is 65.2 Å². The average Bonchev–Trinajstić information content (AvgIpc) is 3.43. The number of carbonyl (C=O) groups is 2. The summed E-state index contributed by atoms with van der Waals surface area (Å²) in [6, 6.07) is 74.8. The summed E-state index contributed by atoms with van der Waals surface area (Å²) in [7, 11) is 0. The van der Waals surface area contributed by atoms with Crippen LogP contribution in [0.3, 0.4) is 0 Å². The molecule has 1 saturated heterocycles. The molecule has 9 aromatic rings. The van der Waals surface area contributed by atoms with E-state index in [1.807, 2.05) is 212 Å². The maximum atomic E-state index is 14.8. The van der Waals surface area contributed by atoms with Crippen LogP contribution in [0.15, 0.2) is 237 Å². The van der Waals surface area contributed by atoms with Gasteiger partial charge in [-0.2, -0.15) is 0 Å². The summed E-state index contributed by atoms with van der Waals surface area (Å²) in [5.41, 5.74) is 6.90. The number of carbonyl (C=O) groups excluding carboxylic acids is 2. The van der Waals surface area contributed by atoms with Crippen LogP contribution in [0.2, 0.25) is 0 Å². The number of rotatable bonds is 27. The molecule has 1 fully saturated rings. The minimum absolute atomic E-state index is 0.00572. The number of benzene rings is 9. The van der Waals surface area contributed by atoms with E-state index in [1.54, 1.807) is 38.1 Å². The summed E-state index contributed by atoms with van der Waals surface area (Å²) in [6.07, 6.45) is -2.79. The minimum atomic E-state index is -1.21. The number of hydrogen-bond donors (Lipinski definition) is 2. The van der Waals surface area contributed by atoms with Crippen molar-refractivity contribution < 1.29 is 57.0 Å². The fourth-order valence-electron chi connectivity index (χ4n) is 9.39. The highest BCUT2D eigenvalue weighted by molar-refractivity contribution is 5.96. The Morgan fingerprint density at radius 1 is 0.395 bits per heavy atom. The van der Waals surface area contributed by atoms with Crippen molar-refractivity contribution in [2.45, 2.75) is 84.4 Å². The van der Waals surface area contributed by atoms with E-state index in [0.717, 1.165) is 38.9 Å². The number of ether oxygens (including phenoxy) is 10. The van der Waals surface area contributed by atoms with E-state index in [9.17, 15) is 9.59 Å². The Morgan fingerprint density at radius 2 is 0.674 bits per heavy atom. The van der Waals surface area contributed by atoms with Crippen LogP contribution in [0.4, 0.5) is 0 Å². The zero-order valence-corrected chi connectivity index (χ0v) is 48.2. The van der Waals surface area contributed by atoms with Crippen LogP contribution in [0.1, 0.15) is 73.5 Å². The Bertz CT molecular complexity index is 3400. The van der Waals surface area contributed by atoms with Crippen LogP contribution in [0.25, 0.3) is 0 Å². The molecule has 1 aliphatic rings. The molecule has 9 aromatic carbocycles. The molecule has 10 rings (SSSR count). The lowest BCUT2D eigenvalue weighted by atomic mass is 10.1. The van der Waals surface area contributed by atoms with Gasteiger partial charge in [-0.1, -0.05) is 212 Å². The van der Waals surface area contributed by atoms with Gasteiger partial charge in [0, 0.05) is 24.2 Å². The first-order chi connectivity index (χ1) is 42.2. The highest BCUT2D eigenvalue weighted by atomic mass is 16.8. The first-order valence-electron chi connectivity index (χ1n) is 28.7. The van der Waals surface area contributed by atoms with Gasteiger partial charge in [0.1, 0.15) is 58.5 Å². The summed E-state index contributed by atoms with van der Waals surface area (Å²) in [4.78, 5) is 29.7. The fraction of sp³-hybridized carbons (Fsp3) is 0.222. The van der Waals surface area contributed by atoms with Gasteiger partial charge in [0.05, 0.1) is 6.61 Å². The van der Waals surface area contributed by atoms with Crippen molar-refractivity contribution in [3.05, 3.63) is 287 Å². The van der Waals surface area contributed by atoms with Gasteiger partial charge in [-0.3, -0.25) is 9.59 Å². The van der Waals surface area contributed by atoms with E-state index in [-0.39, 0.29) is 77.1 Å². The third kappa shape index (κ3) is 17.8. The van der Waals surface area contributed by atoms with Gasteiger partial charge in [-0.25, -0.2) is 0 Å². The Balaban J connectivity index is 0.948. The van der Waals surface area contributed by atoms with E-state index in [2.05, 4.69) is 10.6 Å². The van der Waals surface area contributed by atoms with Gasteiger partial charge in [0.25, 0.3) is 11.8 Å². The number of amides is 2. The Kier molecular flexibility index (Phi) is 21.1. The maximum Gasteiger partial charge on any atom is 0.251 e. The third-order valence-corrected chi connectivity index (χ3v) is 13.9. The van der Waals surface area contributed by atoms with Gasteiger partial charge in [-0.15, -0.1) is 0 Å². The molecule has 0 radical (unpaired) electrons. The van der Waals surface area contributed by atoms with Crippen molar-refractivity contribution in [3.63, 3.8) is 0 Å². The van der Waals surface area contributed by atoms with E-state index in [0.29, 0.717) is 34.5 Å². The summed E-state index contributed by atoms with van der Waals surface area (Å²) >= 11 is 0. The standard InChI is InChI=1S/C72H70N2O12/c1-72(2)84-51-67(81-48-56-32-18-7-19-33-56)85-65(42-73-70(75)59-38-61(77-44-52-24-10-3-11-25-52)68(82-49-57-34-20-8-21-35-57)62(39-59)78-45-53-26-12-4-13-27-53)66(86-72)43-74-71(76)60-40-63(79-46-54-28-14-5-15-29-54)69(83-50-58-36-22-9-23-37-58)64(41-60)80-47-55-30-16-6-17-31-55/h3-41,65-67H,42-51H2,1-2H3,(H,73,75)(H,74,76)/t65-,66+,67-/m1/s1. The SMILES string of the molecule is CC1(C)OC[C@H](OCc2ccccc2)O[C@H](CNC(=O)c2cc(OCc3ccccc3)c(OCc3ccccc3)c(OCc3ccccc3)c2)[C@H](CNC(=O)c2cc(OCc3ccccc3)c(OCc3ccccc3)c(OCc3ccccc3)c2)O1. The topological polar surface area (TPSA) is 150 Å². The van der Waals surface area contributed by atoms with Crippen LogP contribution in [-0.4, -0.2) is 55.8 Å². The molecule has 440 valence electrons. The van der Waals surface area contributed by atoms with Crippen LogP contribution >= 0.6 is 0 Å². The van der Waals surface area contributed by atoms with E-state index < -0.39 is 36.1 Å². The molecule has 1 aliphatic heterocycles. The lowest BCUT2D eigenvalue weighted by Gasteiger charge is -2.40. The van der Waals surface area contributed by atoms with Crippen LogP contribution < -0.4 is 39.1 Å². The molecule has 2 amide bonds. The molecule has 0 aromatic heterocycles. The Labute approximate surface area is 502 Å². The lowest BCUT2D eigenvalue weighted by Crippen LogP contribution is -2.54. The van der Waals surface area contributed by atoms with Crippen molar-refractivity contribution in [3.8, 4) is 34.5 Å². The molecule has 14 nitrogen and oxygen atoms in total. The zero-order valence-electron chi connectivity index (χ0n) is 48.2. The second kappa shape index (κ2) is 30.4. The molecule has 0 bridgehead atoms. The maximum absolute atomic E-state index is 14.8. The second-order valence-corrected chi connectivity index (χ2v) is 20.9. The Hall–Kier alpha value is -9.44. The Morgan fingerprint density at radius 3 is 0.988 bits per heavy atom. The molecular weight excluding hydrogens is 1080 g/mol. The van der Waals surface area contributed by atoms with Gasteiger partial charge < -0.3 is 58.0 Å². The molecule has 86 heavy (non-hydrogen) atoms. The van der Waals surface area contributed by atoms with Crippen molar-refractivity contribution >= 4 is 11.8 Å². The molecule has 0 spiro atoms. The van der Waals surface area contributed by atoms with E-state index in [4.69, 9.17) is 47.4 Å². The van der Waals surface area contributed by atoms with E-state index in [1.165, 1.54) is 0 Å². The van der Waals surface area contributed by atoms with Crippen molar-refractivity contribution in [1.82, 2.24) is 10.6 Å². The summed E-state index contributed by atoms with van der Waals surface area (Å²) in [5.74, 6) is -0.269. The monoisotopic (exact) mass is 1150 g/mol.